The van der Waals surface area contributed by atoms with Crippen LogP contribution in [0.5, 0.6) is 0 Å². The van der Waals surface area contributed by atoms with Gasteiger partial charge in [-0.2, -0.15) is 0 Å². The Morgan fingerprint density at radius 3 is 2.71 bits per heavy atom. The predicted octanol–water partition coefficient (Wildman–Crippen LogP) is 2.07. The Kier molecular flexibility index (Phi) is 4.17. The van der Waals surface area contributed by atoms with Gasteiger partial charge in [0, 0.05) is 24.7 Å². The smallest absolute Gasteiger partial charge is 0.274 e. The first-order valence-electron chi connectivity index (χ1n) is 9.21. The summed E-state index contributed by atoms with van der Waals surface area (Å²) in [7, 11) is 6.17. The van der Waals surface area contributed by atoms with Gasteiger partial charge in [-0.05, 0) is 54.7 Å². The first kappa shape index (κ1) is 16.2. The first-order valence-corrected chi connectivity index (χ1v) is 9.21. The molecule has 0 saturated heterocycles. The molecule has 0 atom stereocenters. The lowest BCUT2D eigenvalue weighted by Crippen LogP contribution is -2.53. The van der Waals surface area contributed by atoms with Crippen LogP contribution in [0.2, 0.25) is 0 Å². The Balaban J connectivity index is 1.45. The van der Waals surface area contributed by atoms with Gasteiger partial charge in [-0.3, -0.25) is 14.9 Å². The molecule has 5 heteroatoms. The fourth-order valence-corrected chi connectivity index (χ4v) is 5.18. The number of amides is 1. The van der Waals surface area contributed by atoms with E-state index in [1.165, 1.54) is 50.5 Å². The summed E-state index contributed by atoms with van der Waals surface area (Å²) in [5.74, 6) is -0.532. The summed E-state index contributed by atoms with van der Waals surface area (Å²) in [6, 6.07) is 4.45. The average Bonchev–Trinajstić information content (AvgIpc) is 2.59. The van der Waals surface area contributed by atoms with Gasteiger partial charge in [0.2, 0.25) is 0 Å². The fourth-order valence-electron chi connectivity index (χ4n) is 5.18. The summed E-state index contributed by atoms with van der Waals surface area (Å²) in [5, 5.41) is 8.83. The number of nitrogens with one attached hydrogen (secondary N) is 1. The van der Waals surface area contributed by atoms with E-state index in [-0.39, 0.29) is 0 Å². The number of carbonyl (C=O) groups is 1. The molecule has 1 spiro atoms. The lowest BCUT2D eigenvalue weighted by Gasteiger charge is -2.54. The highest BCUT2D eigenvalue weighted by atomic mass is 16.5. The zero-order valence-corrected chi connectivity index (χ0v) is 14.2. The van der Waals surface area contributed by atoms with E-state index in [1.807, 2.05) is 6.07 Å². The Morgan fingerprint density at radius 1 is 1.25 bits per heavy atom. The zero-order valence-electron chi connectivity index (χ0n) is 14.2. The molecule has 0 bridgehead atoms. The quantitative estimate of drug-likeness (QED) is 0.497. The molecule has 1 aromatic carbocycles. The number of hydrogen-bond acceptors (Lipinski definition) is 3. The maximum absolute atomic E-state index is 11.7. The molecule has 2 aliphatic carbocycles. The number of rotatable bonds is 2. The van der Waals surface area contributed by atoms with Gasteiger partial charge in [0.05, 0.1) is 0 Å². The van der Waals surface area contributed by atoms with Gasteiger partial charge >= 0.3 is 0 Å². The van der Waals surface area contributed by atoms with Crippen molar-refractivity contribution in [3.8, 4) is 0 Å². The average molecular weight is 324 g/mol. The predicted molar refractivity (Wildman–Crippen MR) is 93.7 cm³/mol. The highest BCUT2D eigenvalue weighted by Gasteiger charge is 2.46. The van der Waals surface area contributed by atoms with Gasteiger partial charge < -0.3 is 0 Å². The van der Waals surface area contributed by atoms with Gasteiger partial charge in [0.15, 0.2) is 0 Å². The van der Waals surface area contributed by atoms with Crippen LogP contribution in [0.1, 0.15) is 66.4 Å². The van der Waals surface area contributed by atoms with Crippen LogP contribution in [-0.4, -0.2) is 36.4 Å². The summed E-state index contributed by atoms with van der Waals surface area (Å²) in [6.45, 7) is 1.95. The lowest BCUT2D eigenvalue weighted by atomic mass is 9.58. The van der Waals surface area contributed by atoms with Crippen molar-refractivity contribution in [2.75, 3.05) is 6.54 Å². The molecule has 4 rings (SSSR count). The molecule has 4 nitrogen and oxygen atoms in total. The van der Waals surface area contributed by atoms with E-state index in [2.05, 4.69) is 4.90 Å². The monoisotopic (exact) mass is 324 g/mol. The van der Waals surface area contributed by atoms with Crippen molar-refractivity contribution < 1.29 is 10.0 Å². The van der Waals surface area contributed by atoms with E-state index >= 15 is 0 Å². The molecule has 2 N–H and O–H groups in total. The van der Waals surface area contributed by atoms with Crippen LogP contribution in [-0.2, 0) is 13.0 Å². The molecule has 0 aromatic heterocycles. The molecule has 1 aromatic rings. The summed E-state index contributed by atoms with van der Waals surface area (Å²) in [4.78, 5) is 14.3. The van der Waals surface area contributed by atoms with Crippen molar-refractivity contribution >= 4 is 19.2 Å². The third-order valence-corrected chi connectivity index (χ3v) is 6.59. The standard InChI is InChI=1S/C19H25BN2O2/c20-17-15-6-9-22(12-13(15)4-5-16(17)18(23)21-24)14-10-19(11-14)7-2-1-3-8-19/h4-5,14,24H,1-3,6-12H2,(H,21,23). The number of fused-ring (bicyclic) bond motifs is 1. The Morgan fingerprint density at radius 2 is 2.00 bits per heavy atom. The summed E-state index contributed by atoms with van der Waals surface area (Å²) < 4.78 is 0. The van der Waals surface area contributed by atoms with E-state index in [4.69, 9.17) is 13.1 Å². The molecule has 2 fully saturated rings. The molecule has 24 heavy (non-hydrogen) atoms. The molecular formula is C19H25BN2O2. The minimum Gasteiger partial charge on any atom is -0.296 e. The van der Waals surface area contributed by atoms with Crippen molar-refractivity contribution in [2.24, 2.45) is 5.41 Å². The van der Waals surface area contributed by atoms with Crippen LogP contribution in [0.3, 0.4) is 0 Å². The maximum Gasteiger partial charge on any atom is 0.274 e. The first-order chi connectivity index (χ1) is 11.6. The molecule has 126 valence electrons. The minimum absolute atomic E-state index is 0.370. The highest BCUT2D eigenvalue weighted by molar-refractivity contribution is 6.37. The topological polar surface area (TPSA) is 52.6 Å². The van der Waals surface area contributed by atoms with E-state index in [0.717, 1.165) is 31.1 Å². The zero-order chi connectivity index (χ0) is 16.7. The van der Waals surface area contributed by atoms with Gasteiger partial charge in [0.25, 0.3) is 5.91 Å². The number of nitrogens with zero attached hydrogens (tertiary/aromatic N) is 1. The number of carbonyl (C=O) groups excluding carboxylic acids is 1. The van der Waals surface area contributed by atoms with Gasteiger partial charge in [-0.1, -0.05) is 30.8 Å². The Labute approximate surface area is 145 Å². The number of benzene rings is 1. The second kappa shape index (κ2) is 6.19. The SMILES string of the molecule is [B]c1c(C(=O)NO)ccc2c1CCN(C1CC3(CCCCC3)C1)C2. The van der Waals surface area contributed by atoms with Crippen molar-refractivity contribution in [3.63, 3.8) is 0 Å². The largest absolute Gasteiger partial charge is 0.296 e. The molecule has 3 aliphatic rings. The highest BCUT2D eigenvalue weighted by Crippen LogP contribution is 2.53. The number of hydrogen-bond donors (Lipinski definition) is 2. The number of hydroxylamine groups is 1. The van der Waals surface area contributed by atoms with Crippen molar-refractivity contribution in [1.29, 1.82) is 0 Å². The van der Waals surface area contributed by atoms with E-state index in [0.29, 0.717) is 16.4 Å². The molecule has 1 heterocycles. The van der Waals surface area contributed by atoms with Crippen LogP contribution >= 0.6 is 0 Å². The minimum atomic E-state index is -0.532. The second-order valence-corrected chi connectivity index (χ2v) is 7.95. The van der Waals surface area contributed by atoms with Crippen LogP contribution in [0, 0.1) is 5.41 Å². The van der Waals surface area contributed by atoms with Crippen molar-refractivity contribution in [1.82, 2.24) is 10.4 Å². The second-order valence-electron chi connectivity index (χ2n) is 7.95. The summed E-state index contributed by atoms with van der Waals surface area (Å²) >= 11 is 0. The van der Waals surface area contributed by atoms with Gasteiger partial charge in [0.1, 0.15) is 7.85 Å². The van der Waals surface area contributed by atoms with E-state index in [9.17, 15) is 4.79 Å². The van der Waals surface area contributed by atoms with Crippen LogP contribution in [0.4, 0.5) is 0 Å². The fraction of sp³-hybridized carbons (Fsp3) is 0.632. The van der Waals surface area contributed by atoms with E-state index in [1.54, 1.807) is 11.5 Å². The van der Waals surface area contributed by atoms with Crippen LogP contribution in [0.25, 0.3) is 0 Å². The van der Waals surface area contributed by atoms with Gasteiger partial charge in [-0.25, -0.2) is 5.48 Å². The third-order valence-electron chi connectivity index (χ3n) is 6.59. The molecule has 2 radical (unpaired) electrons. The summed E-state index contributed by atoms with van der Waals surface area (Å²) in [6.07, 6.45) is 10.7. The molecule has 1 aliphatic heterocycles. The Bertz CT molecular complexity index is 647. The maximum atomic E-state index is 11.7. The Hall–Kier alpha value is -1.33. The van der Waals surface area contributed by atoms with Crippen molar-refractivity contribution in [3.05, 3.63) is 28.8 Å². The van der Waals surface area contributed by atoms with Gasteiger partial charge in [-0.15, -0.1) is 0 Å². The molecule has 0 unspecified atom stereocenters. The third kappa shape index (κ3) is 2.68. The van der Waals surface area contributed by atoms with Crippen molar-refractivity contribution in [2.45, 2.75) is 64.0 Å². The van der Waals surface area contributed by atoms with E-state index < -0.39 is 5.91 Å². The lowest BCUT2D eigenvalue weighted by molar-refractivity contribution is -0.0307. The molecular weight excluding hydrogens is 299 g/mol. The molecule has 2 saturated carbocycles. The van der Waals surface area contributed by atoms with Crippen LogP contribution in [0.15, 0.2) is 12.1 Å². The normalized spacial score (nSPS) is 23.5. The van der Waals surface area contributed by atoms with Crippen LogP contribution < -0.4 is 10.9 Å². The molecule has 1 amide bonds. The summed E-state index contributed by atoms with van der Waals surface area (Å²) in [5.41, 5.74) is 5.55.